The molecule has 4 nitrogen and oxygen atoms in total. The number of carbonyl (C=O) groups excluding carboxylic acids is 1. The molecule has 1 aromatic carbocycles. The number of nitrogens with two attached hydrogens (primary N) is 1. The minimum absolute atomic E-state index is 0.125. The minimum Gasteiger partial charge on any atom is -0.369 e. The topological polar surface area (TPSA) is 58.4 Å². The van der Waals surface area contributed by atoms with Gasteiger partial charge in [-0.05, 0) is 12.1 Å². The fourth-order valence-corrected chi connectivity index (χ4v) is 3.29. The number of hydrogen-bond acceptors (Lipinski definition) is 3. The van der Waals surface area contributed by atoms with E-state index in [4.69, 9.17) is 5.73 Å². The zero-order valence-corrected chi connectivity index (χ0v) is 12.9. The normalized spacial score (nSPS) is 27.0. The van der Waals surface area contributed by atoms with Crippen LogP contribution in [0.5, 0.6) is 0 Å². The third-order valence-electron chi connectivity index (χ3n) is 4.47. The Bertz CT molecular complexity index is 713. The maximum Gasteiger partial charge on any atom is 0.228 e. The average Bonchev–Trinajstić information content (AvgIpc) is 2.58. The number of allylic oxidation sites excluding steroid dienone is 3. The van der Waals surface area contributed by atoms with Gasteiger partial charge in [0.2, 0.25) is 5.91 Å². The number of alkyl halides is 1. The smallest absolute Gasteiger partial charge is 0.228 e. The summed E-state index contributed by atoms with van der Waals surface area (Å²) >= 11 is 0. The van der Waals surface area contributed by atoms with E-state index in [0.717, 1.165) is 12.1 Å². The molecule has 1 heterocycles. The van der Waals surface area contributed by atoms with E-state index in [9.17, 15) is 13.6 Å². The maximum atomic E-state index is 16.2. The van der Waals surface area contributed by atoms with E-state index >= 15 is 4.39 Å². The van der Waals surface area contributed by atoms with Crippen molar-refractivity contribution < 1.29 is 18.0 Å². The molecule has 1 aromatic rings. The largest absolute Gasteiger partial charge is 0.369 e. The molecular formula is C17H18F3N3O. The van der Waals surface area contributed by atoms with Gasteiger partial charge in [0.15, 0.2) is 17.3 Å². The lowest BCUT2D eigenvalue weighted by Crippen LogP contribution is -2.51. The number of benzene rings is 1. The van der Waals surface area contributed by atoms with Crippen LogP contribution in [0.2, 0.25) is 0 Å². The second-order valence-corrected chi connectivity index (χ2v) is 5.87. The Morgan fingerprint density at radius 2 is 2.00 bits per heavy atom. The number of halogens is 3. The fourth-order valence-electron chi connectivity index (χ4n) is 3.29. The van der Waals surface area contributed by atoms with Gasteiger partial charge >= 0.3 is 0 Å². The number of nitrogens with one attached hydrogen (secondary N) is 1. The second kappa shape index (κ2) is 6.32. The molecule has 1 fully saturated rings. The molecule has 3 rings (SSSR count). The molecule has 1 saturated heterocycles. The zero-order chi connectivity index (χ0) is 17.3. The van der Waals surface area contributed by atoms with Gasteiger partial charge in [0, 0.05) is 31.7 Å². The molecule has 1 amide bonds. The Kier molecular flexibility index (Phi) is 4.36. The molecule has 0 radical (unpaired) electrons. The molecule has 128 valence electrons. The Morgan fingerprint density at radius 1 is 1.29 bits per heavy atom. The number of primary amides is 1. The number of hydrogen-bond donors (Lipinski definition) is 2. The molecule has 2 unspecified atom stereocenters. The molecule has 0 bridgehead atoms. The van der Waals surface area contributed by atoms with Gasteiger partial charge in [-0.25, -0.2) is 13.2 Å². The molecule has 7 heteroatoms. The van der Waals surface area contributed by atoms with E-state index < -0.39 is 34.7 Å². The third kappa shape index (κ3) is 2.58. The summed E-state index contributed by atoms with van der Waals surface area (Å²) in [5.41, 5.74) is 2.42. The van der Waals surface area contributed by atoms with Crippen molar-refractivity contribution in [3.63, 3.8) is 0 Å². The molecule has 3 N–H and O–H groups in total. The monoisotopic (exact) mass is 337 g/mol. The predicted octanol–water partition coefficient (Wildman–Crippen LogP) is 1.59. The van der Waals surface area contributed by atoms with E-state index in [1.807, 2.05) is 0 Å². The van der Waals surface area contributed by atoms with Crippen LogP contribution in [0, 0.1) is 17.6 Å². The van der Waals surface area contributed by atoms with Crippen LogP contribution in [0.3, 0.4) is 0 Å². The molecule has 0 spiro atoms. The van der Waals surface area contributed by atoms with Crippen molar-refractivity contribution in [3.8, 4) is 0 Å². The van der Waals surface area contributed by atoms with Crippen molar-refractivity contribution in [3.05, 3.63) is 59.3 Å². The number of nitrogens with zero attached hydrogens (tertiary/aromatic N) is 1. The average molecular weight is 337 g/mol. The summed E-state index contributed by atoms with van der Waals surface area (Å²) in [4.78, 5) is 13.6. The van der Waals surface area contributed by atoms with E-state index in [0.29, 0.717) is 26.2 Å². The van der Waals surface area contributed by atoms with Gasteiger partial charge in [0.1, 0.15) is 5.92 Å². The summed E-state index contributed by atoms with van der Waals surface area (Å²) in [6, 6.07) is 3.29. The molecule has 2 atom stereocenters. The Labute approximate surface area is 137 Å². The third-order valence-corrected chi connectivity index (χ3v) is 4.47. The van der Waals surface area contributed by atoms with Crippen molar-refractivity contribution >= 4 is 5.91 Å². The first-order valence-corrected chi connectivity index (χ1v) is 7.73. The summed E-state index contributed by atoms with van der Waals surface area (Å²) in [6.07, 6.45) is 4.31. The van der Waals surface area contributed by atoms with Gasteiger partial charge in [-0.2, -0.15) is 0 Å². The maximum absolute atomic E-state index is 16.2. The van der Waals surface area contributed by atoms with Crippen molar-refractivity contribution in [2.45, 2.75) is 5.67 Å². The summed E-state index contributed by atoms with van der Waals surface area (Å²) < 4.78 is 44.3. The van der Waals surface area contributed by atoms with Crippen LogP contribution in [0.15, 0.2) is 42.1 Å². The van der Waals surface area contributed by atoms with E-state index in [2.05, 4.69) is 5.32 Å². The van der Waals surface area contributed by atoms with Crippen LogP contribution in [0.1, 0.15) is 5.56 Å². The number of rotatable bonds is 3. The highest BCUT2D eigenvalue weighted by Crippen LogP contribution is 2.46. The van der Waals surface area contributed by atoms with Crippen molar-refractivity contribution in [1.82, 2.24) is 10.2 Å². The molecule has 1 aliphatic heterocycles. The Hall–Kier alpha value is -2.28. The lowest BCUT2D eigenvalue weighted by Gasteiger charge is -2.42. The summed E-state index contributed by atoms with van der Waals surface area (Å²) in [6.45, 7) is 2.25. The lowest BCUT2D eigenvalue weighted by molar-refractivity contribution is -0.124. The fraction of sp³-hybridized carbons (Fsp3) is 0.353. The van der Waals surface area contributed by atoms with E-state index in [-0.39, 0.29) is 5.70 Å². The number of carbonyl (C=O) groups is 1. The molecule has 2 aliphatic rings. The molecule has 0 saturated carbocycles. The zero-order valence-electron chi connectivity index (χ0n) is 12.9. The second-order valence-electron chi connectivity index (χ2n) is 5.87. The summed E-state index contributed by atoms with van der Waals surface area (Å²) in [5.74, 6) is -4.81. The summed E-state index contributed by atoms with van der Waals surface area (Å²) in [5, 5.41) is 3.14. The van der Waals surface area contributed by atoms with Crippen LogP contribution in [-0.2, 0) is 10.5 Å². The van der Waals surface area contributed by atoms with Gasteiger partial charge in [-0.1, -0.05) is 24.3 Å². The van der Waals surface area contributed by atoms with Crippen LogP contribution >= 0.6 is 0 Å². The Balaban J connectivity index is 2.16. The van der Waals surface area contributed by atoms with Gasteiger partial charge in [-0.15, -0.1) is 0 Å². The minimum atomic E-state index is -2.55. The van der Waals surface area contributed by atoms with Gasteiger partial charge in [-0.3, -0.25) is 4.79 Å². The van der Waals surface area contributed by atoms with Crippen molar-refractivity contribution in [2.24, 2.45) is 11.7 Å². The highest BCUT2D eigenvalue weighted by Gasteiger charge is 2.51. The Morgan fingerprint density at radius 3 is 2.67 bits per heavy atom. The van der Waals surface area contributed by atoms with Gasteiger partial charge in [0.05, 0.1) is 5.70 Å². The van der Waals surface area contributed by atoms with Crippen molar-refractivity contribution in [1.29, 1.82) is 0 Å². The lowest BCUT2D eigenvalue weighted by atomic mass is 9.76. The first-order chi connectivity index (χ1) is 11.5. The highest BCUT2D eigenvalue weighted by molar-refractivity contribution is 5.81. The van der Waals surface area contributed by atoms with E-state index in [1.165, 1.54) is 24.3 Å². The predicted molar refractivity (Wildman–Crippen MR) is 83.5 cm³/mol. The van der Waals surface area contributed by atoms with Crippen LogP contribution in [-0.4, -0.2) is 37.0 Å². The standard InChI is InChI=1S/C17H18F3N3O/c18-13-5-1-3-11(15(13)19)17(20)12(16(21)24)4-2-6-14(17)23-9-7-22-8-10-23/h1-6,12,22H,7-10H2,(H2,21,24). The van der Waals surface area contributed by atoms with E-state index in [1.54, 1.807) is 4.90 Å². The molecule has 1 aliphatic carbocycles. The molecule has 0 aromatic heterocycles. The first-order valence-electron chi connectivity index (χ1n) is 7.73. The van der Waals surface area contributed by atoms with Crippen LogP contribution in [0.4, 0.5) is 13.2 Å². The van der Waals surface area contributed by atoms with Crippen LogP contribution < -0.4 is 11.1 Å². The van der Waals surface area contributed by atoms with Gasteiger partial charge < -0.3 is 16.0 Å². The van der Waals surface area contributed by atoms with Crippen LogP contribution in [0.25, 0.3) is 0 Å². The summed E-state index contributed by atoms with van der Waals surface area (Å²) in [7, 11) is 0. The highest BCUT2D eigenvalue weighted by atomic mass is 19.2. The first kappa shape index (κ1) is 16.6. The van der Waals surface area contributed by atoms with Gasteiger partial charge in [0.25, 0.3) is 0 Å². The molecular weight excluding hydrogens is 319 g/mol. The SMILES string of the molecule is NC(=O)C1C=CC=C(N2CCNCC2)C1(F)c1cccc(F)c1F. The number of piperazine rings is 1. The number of amides is 1. The molecule has 24 heavy (non-hydrogen) atoms. The quantitative estimate of drug-likeness (QED) is 0.881. The van der Waals surface area contributed by atoms with Crippen molar-refractivity contribution in [2.75, 3.05) is 26.2 Å².